The number of carbonyl (C=O) groups excluding carboxylic acids is 2. The summed E-state index contributed by atoms with van der Waals surface area (Å²) in [6.07, 6.45) is 1.47. The molecule has 0 fully saturated rings. The Labute approximate surface area is 127 Å². The highest BCUT2D eigenvalue weighted by molar-refractivity contribution is 6.09. The van der Waals surface area contributed by atoms with Crippen molar-refractivity contribution in [3.8, 4) is 5.75 Å². The number of carbonyl (C=O) groups is 2. The highest BCUT2D eigenvalue weighted by Gasteiger charge is 2.21. The molecule has 0 radical (unpaired) electrons. The first-order valence-corrected chi connectivity index (χ1v) is 6.89. The molecule has 1 aromatic carbocycles. The van der Waals surface area contributed by atoms with Crippen LogP contribution in [0.4, 0.5) is 5.69 Å². The molecule has 0 aliphatic carbocycles. The zero-order valence-corrected chi connectivity index (χ0v) is 12.5. The van der Waals surface area contributed by atoms with Gasteiger partial charge in [0.2, 0.25) is 0 Å². The molecule has 7 nitrogen and oxygen atoms in total. The Bertz CT molecular complexity index is 694. The summed E-state index contributed by atoms with van der Waals surface area (Å²) in [7, 11) is 1.49. The Balaban J connectivity index is 2.35. The Hall–Kier alpha value is -2.83. The number of aromatic amines is 1. The molecule has 0 atom stereocenters. The summed E-state index contributed by atoms with van der Waals surface area (Å²) in [5.74, 6) is -0.645. The predicted octanol–water partition coefficient (Wildman–Crippen LogP) is 1.72. The topological polar surface area (TPSA) is 110 Å². The number of aromatic nitrogens is 2. The van der Waals surface area contributed by atoms with E-state index in [1.54, 1.807) is 24.3 Å². The number of anilines is 1. The maximum absolute atomic E-state index is 12.4. The van der Waals surface area contributed by atoms with E-state index in [1.807, 2.05) is 6.92 Å². The van der Waals surface area contributed by atoms with Crippen LogP contribution in [0.5, 0.6) is 5.75 Å². The van der Waals surface area contributed by atoms with E-state index in [1.165, 1.54) is 7.11 Å². The molecule has 1 heterocycles. The number of methoxy groups -OCH3 is 1. The van der Waals surface area contributed by atoms with Crippen LogP contribution in [0.1, 0.15) is 39.9 Å². The second-order valence-electron chi connectivity index (χ2n) is 4.69. The van der Waals surface area contributed by atoms with Gasteiger partial charge in [-0.05, 0) is 18.6 Å². The summed E-state index contributed by atoms with van der Waals surface area (Å²) in [5, 5.41) is 9.33. The number of nitrogens with two attached hydrogens (primary N) is 1. The van der Waals surface area contributed by atoms with Gasteiger partial charge in [-0.2, -0.15) is 5.10 Å². The third kappa shape index (κ3) is 3.08. The maximum Gasteiger partial charge on any atom is 0.271 e. The van der Waals surface area contributed by atoms with Crippen LogP contribution in [-0.2, 0) is 6.42 Å². The summed E-state index contributed by atoms with van der Waals surface area (Å²) in [5.41, 5.74) is 6.67. The lowest BCUT2D eigenvalue weighted by Crippen LogP contribution is -2.19. The zero-order valence-electron chi connectivity index (χ0n) is 12.5. The van der Waals surface area contributed by atoms with E-state index in [2.05, 4.69) is 15.5 Å². The lowest BCUT2D eigenvalue weighted by molar-refractivity contribution is 0.0996. The highest BCUT2D eigenvalue weighted by atomic mass is 16.5. The van der Waals surface area contributed by atoms with Crippen LogP contribution in [0.15, 0.2) is 24.3 Å². The first kappa shape index (κ1) is 15.6. The van der Waals surface area contributed by atoms with Crippen molar-refractivity contribution in [3.05, 3.63) is 41.2 Å². The molecular formula is C15H18N4O3. The molecule has 0 spiro atoms. The van der Waals surface area contributed by atoms with E-state index >= 15 is 0 Å². The van der Waals surface area contributed by atoms with Gasteiger partial charge < -0.3 is 15.8 Å². The number of hydrogen-bond acceptors (Lipinski definition) is 4. The molecule has 2 amide bonds. The van der Waals surface area contributed by atoms with Crippen molar-refractivity contribution in [2.45, 2.75) is 19.8 Å². The van der Waals surface area contributed by atoms with Crippen molar-refractivity contribution in [2.75, 3.05) is 12.4 Å². The smallest absolute Gasteiger partial charge is 0.271 e. The monoisotopic (exact) mass is 302 g/mol. The molecule has 2 aromatic rings. The summed E-state index contributed by atoms with van der Waals surface area (Å²) in [4.78, 5) is 23.9. The fourth-order valence-corrected chi connectivity index (χ4v) is 2.14. The van der Waals surface area contributed by atoms with Crippen molar-refractivity contribution >= 4 is 17.5 Å². The number of ether oxygens (including phenoxy) is 1. The van der Waals surface area contributed by atoms with Gasteiger partial charge in [0.1, 0.15) is 5.75 Å². The largest absolute Gasteiger partial charge is 0.496 e. The lowest BCUT2D eigenvalue weighted by atomic mass is 10.1. The second-order valence-corrected chi connectivity index (χ2v) is 4.69. The van der Waals surface area contributed by atoms with Gasteiger partial charge in [0.15, 0.2) is 5.69 Å². The minimum absolute atomic E-state index is 0.0201. The fraction of sp³-hybridized carbons (Fsp3) is 0.267. The number of benzene rings is 1. The van der Waals surface area contributed by atoms with E-state index < -0.39 is 11.8 Å². The Morgan fingerprint density at radius 2 is 2.09 bits per heavy atom. The number of H-pyrrole nitrogens is 1. The third-order valence-corrected chi connectivity index (χ3v) is 3.16. The van der Waals surface area contributed by atoms with Crippen molar-refractivity contribution in [3.63, 3.8) is 0 Å². The number of aryl methyl sites for hydroxylation is 1. The molecule has 0 saturated carbocycles. The van der Waals surface area contributed by atoms with Crippen LogP contribution in [0.3, 0.4) is 0 Å². The van der Waals surface area contributed by atoms with Crippen molar-refractivity contribution in [1.82, 2.24) is 10.2 Å². The first-order valence-electron chi connectivity index (χ1n) is 6.89. The van der Waals surface area contributed by atoms with E-state index in [0.29, 0.717) is 29.1 Å². The normalized spacial score (nSPS) is 10.3. The summed E-state index contributed by atoms with van der Waals surface area (Å²) in [6.45, 7) is 1.98. The molecule has 0 unspecified atom stereocenters. The Morgan fingerprint density at radius 1 is 1.36 bits per heavy atom. The number of nitrogens with one attached hydrogen (secondary N) is 2. The van der Waals surface area contributed by atoms with Gasteiger partial charge in [-0.15, -0.1) is 0 Å². The minimum Gasteiger partial charge on any atom is -0.496 e. The highest BCUT2D eigenvalue weighted by Crippen LogP contribution is 2.23. The summed E-state index contributed by atoms with van der Waals surface area (Å²) >= 11 is 0. The number of primary amides is 1. The number of hydrogen-bond donors (Lipinski definition) is 3. The van der Waals surface area contributed by atoms with E-state index in [9.17, 15) is 9.59 Å². The molecule has 0 aliphatic heterocycles. The Morgan fingerprint density at radius 3 is 2.73 bits per heavy atom. The van der Waals surface area contributed by atoms with Crippen molar-refractivity contribution in [1.29, 1.82) is 0 Å². The third-order valence-electron chi connectivity index (χ3n) is 3.16. The number of amides is 2. The average Bonchev–Trinajstić information content (AvgIpc) is 2.90. The SMILES string of the molecule is CCCc1[nH]nc(C(N)=O)c1NC(=O)c1ccccc1OC. The lowest BCUT2D eigenvalue weighted by Gasteiger charge is -2.10. The zero-order chi connectivity index (χ0) is 16.1. The van der Waals surface area contributed by atoms with Crippen LogP contribution in [0.25, 0.3) is 0 Å². The average molecular weight is 302 g/mol. The Kier molecular flexibility index (Phi) is 4.77. The number of rotatable bonds is 6. The summed E-state index contributed by atoms with van der Waals surface area (Å²) in [6, 6.07) is 6.82. The second kappa shape index (κ2) is 6.75. The van der Waals surface area contributed by atoms with Crippen molar-refractivity contribution < 1.29 is 14.3 Å². The molecule has 0 bridgehead atoms. The van der Waals surface area contributed by atoms with Gasteiger partial charge in [-0.25, -0.2) is 0 Å². The van der Waals surface area contributed by atoms with Gasteiger partial charge in [0.05, 0.1) is 24.1 Å². The van der Waals surface area contributed by atoms with Gasteiger partial charge in [-0.1, -0.05) is 25.5 Å². The molecule has 0 aliphatic rings. The molecule has 116 valence electrons. The van der Waals surface area contributed by atoms with Crippen LogP contribution >= 0.6 is 0 Å². The maximum atomic E-state index is 12.4. The molecule has 22 heavy (non-hydrogen) atoms. The van der Waals surface area contributed by atoms with E-state index in [-0.39, 0.29) is 5.69 Å². The molecule has 4 N–H and O–H groups in total. The van der Waals surface area contributed by atoms with Crippen LogP contribution in [-0.4, -0.2) is 29.1 Å². The van der Waals surface area contributed by atoms with Gasteiger partial charge >= 0.3 is 0 Å². The molecule has 0 saturated heterocycles. The van der Waals surface area contributed by atoms with E-state index in [4.69, 9.17) is 10.5 Å². The number of nitrogens with zero attached hydrogens (tertiary/aromatic N) is 1. The minimum atomic E-state index is -0.700. The van der Waals surface area contributed by atoms with Crippen LogP contribution < -0.4 is 15.8 Å². The fourth-order valence-electron chi connectivity index (χ4n) is 2.14. The van der Waals surface area contributed by atoms with Crippen molar-refractivity contribution in [2.24, 2.45) is 5.73 Å². The predicted molar refractivity (Wildman–Crippen MR) is 82.0 cm³/mol. The standard InChI is InChI=1S/C15H18N4O3/c1-3-6-10-12(13(14(16)20)19-18-10)17-15(21)9-7-4-5-8-11(9)22-2/h4-5,7-8H,3,6H2,1-2H3,(H2,16,20)(H,17,21)(H,18,19). The van der Waals surface area contributed by atoms with Crippen LogP contribution in [0.2, 0.25) is 0 Å². The summed E-state index contributed by atoms with van der Waals surface area (Å²) < 4.78 is 5.17. The quantitative estimate of drug-likeness (QED) is 0.754. The first-order chi connectivity index (χ1) is 10.6. The molecule has 7 heteroatoms. The molecular weight excluding hydrogens is 284 g/mol. The molecule has 2 rings (SSSR count). The molecule has 1 aromatic heterocycles. The van der Waals surface area contributed by atoms with Crippen LogP contribution in [0, 0.1) is 0 Å². The number of para-hydroxylation sites is 1. The van der Waals surface area contributed by atoms with Gasteiger partial charge in [0, 0.05) is 0 Å². The van der Waals surface area contributed by atoms with Gasteiger partial charge in [-0.3, -0.25) is 14.7 Å². The van der Waals surface area contributed by atoms with Gasteiger partial charge in [0.25, 0.3) is 11.8 Å². The van der Waals surface area contributed by atoms with E-state index in [0.717, 1.165) is 6.42 Å².